The number of halogens is 3. The Morgan fingerprint density at radius 3 is 2.23 bits per heavy atom. The van der Waals surface area contributed by atoms with Gasteiger partial charge in [0.1, 0.15) is 0 Å². The number of fused-ring (bicyclic) bond motifs is 1. The maximum Gasteiger partial charge on any atom is 0.416 e. The third-order valence-electron chi connectivity index (χ3n) is 5.12. The fourth-order valence-corrected chi connectivity index (χ4v) is 3.66. The van der Waals surface area contributed by atoms with E-state index in [4.69, 9.17) is 0 Å². The number of benzene rings is 2. The molecule has 3 rings (SSSR count). The van der Waals surface area contributed by atoms with Gasteiger partial charge in [0.2, 0.25) is 5.91 Å². The van der Waals surface area contributed by atoms with E-state index in [1.54, 1.807) is 0 Å². The Morgan fingerprint density at radius 2 is 1.67 bits per heavy atom. The minimum absolute atomic E-state index is 0.0164. The Bertz CT molecular complexity index is 1070. The number of aryl methyl sites for hydroxylation is 2. The molecule has 2 aromatic carbocycles. The van der Waals surface area contributed by atoms with Gasteiger partial charge in [0.25, 0.3) is 0 Å². The number of anilines is 1. The van der Waals surface area contributed by atoms with Crippen molar-refractivity contribution < 1.29 is 18.0 Å². The van der Waals surface area contributed by atoms with Crippen molar-refractivity contribution in [3.63, 3.8) is 0 Å². The molecule has 1 heterocycles. The summed E-state index contributed by atoms with van der Waals surface area (Å²) < 4.78 is 40.3. The molecule has 3 aromatic rings. The number of carbonyl (C=O) groups is 1. The molecule has 0 fully saturated rings. The lowest BCUT2D eigenvalue weighted by molar-refractivity contribution is -0.137. The van der Waals surface area contributed by atoms with Gasteiger partial charge in [0.05, 0.1) is 5.56 Å². The van der Waals surface area contributed by atoms with Crippen molar-refractivity contribution >= 4 is 22.5 Å². The number of nitrogens with one attached hydrogen (secondary N) is 1. The summed E-state index contributed by atoms with van der Waals surface area (Å²) in [5.74, 6) is -0.0164. The summed E-state index contributed by atoms with van der Waals surface area (Å²) in [5, 5.41) is 4.06. The highest BCUT2D eigenvalue weighted by Crippen LogP contribution is 2.32. The molecular formula is C24H27F3N2O. The van der Waals surface area contributed by atoms with Crippen LogP contribution in [0.1, 0.15) is 49.4 Å². The third kappa shape index (κ3) is 4.86. The van der Waals surface area contributed by atoms with Crippen LogP contribution in [-0.2, 0) is 17.5 Å². The van der Waals surface area contributed by atoms with Crippen LogP contribution in [0.3, 0.4) is 0 Å². The molecule has 0 saturated heterocycles. The molecule has 0 unspecified atom stereocenters. The van der Waals surface area contributed by atoms with Gasteiger partial charge in [-0.25, -0.2) is 0 Å². The lowest BCUT2D eigenvalue weighted by atomic mass is 9.92. The summed E-state index contributed by atoms with van der Waals surface area (Å²) in [7, 11) is 0. The topological polar surface area (TPSA) is 34.0 Å². The molecule has 0 bridgehead atoms. The molecule has 0 aliphatic heterocycles. The van der Waals surface area contributed by atoms with Crippen LogP contribution in [-0.4, -0.2) is 10.5 Å². The van der Waals surface area contributed by atoms with Crippen molar-refractivity contribution in [2.45, 2.75) is 53.8 Å². The Hall–Kier alpha value is -2.76. The highest BCUT2D eigenvalue weighted by Gasteiger charge is 2.29. The number of hydrogen-bond donors (Lipinski definition) is 1. The van der Waals surface area contributed by atoms with Crippen LogP contribution in [0.25, 0.3) is 10.9 Å². The summed E-state index contributed by atoms with van der Waals surface area (Å²) in [6.45, 7) is 10.5. The molecule has 0 aliphatic carbocycles. The van der Waals surface area contributed by atoms with E-state index in [0.29, 0.717) is 13.0 Å². The molecule has 3 nitrogen and oxygen atoms in total. The van der Waals surface area contributed by atoms with Gasteiger partial charge in [0, 0.05) is 35.8 Å². The monoisotopic (exact) mass is 416 g/mol. The number of nitrogens with zero attached hydrogens (tertiary/aromatic N) is 1. The SMILES string of the molecule is Cc1cc2c(ccn2Cc2ccc(C(F)(F)F)cc2)c(C)c1NC(=O)CC(C)(C)C. The fourth-order valence-electron chi connectivity index (χ4n) is 3.66. The van der Waals surface area contributed by atoms with Gasteiger partial charge in [-0.15, -0.1) is 0 Å². The second kappa shape index (κ2) is 7.82. The van der Waals surface area contributed by atoms with Crippen LogP contribution in [0.15, 0.2) is 42.6 Å². The predicted octanol–water partition coefficient (Wildman–Crippen LogP) is 6.70. The predicted molar refractivity (Wildman–Crippen MR) is 115 cm³/mol. The Kier molecular flexibility index (Phi) is 5.72. The maximum absolute atomic E-state index is 12.8. The van der Waals surface area contributed by atoms with E-state index in [0.717, 1.165) is 45.4 Å². The first-order valence-corrected chi connectivity index (χ1v) is 9.90. The van der Waals surface area contributed by atoms with Crippen molar-refractivity contribution in [1.82, 2.24) is 4.57 Å². The number of rotatable bonds is 4. The van der Waals surface area contributed by atoms with Crippen LogP contribution in [0.2, 0.25) is 0 Å². The number of carbonyl (C=O) groups excluding carboxylic acids is 1. The van der Waals surface area contributed by atoms with Gasteiger partial charge in [0.15, 0.2) is 0 Å². The number of alkyl halides is 3. The van der Waals surface area contributed by atoms with Gasteiger partial charge < -0.3 is 9.88 Å². The van der Waals surface area contributed by atoms with Gasteiger partial charge >= 0.3 is 6.18 Å². The van der Waals surface area contributed by atoms with Crippen molar-refractivity contribution in [3.05, 3.63) is 64.8 Å². The molecule has 0 radical (unpaired) electrons. The summed E-state index contributed by atoms with van der Waals surface area (Å²) in [4.78, 5) is 12.4. The Balaban J connectivity index is 1.88. The molecular weight excluding hydrogens is 389 g/mol. The zero-order valence-corrected chi connectivity index (χ0v) is 17.9. The summed E-state index contributed by atoms with van der Waals surface area (Å²) in [6, 6.07) is 9.23. The average Bonchev–Trinajstić information content (AvgIpc) is 2.99. The maximum atomic E-state index is 12.8. The number of amides is 1. The van der Waals surface area contributed by atoms with E-state index in [-0.39, 0.29) is 11.3 Å². The minimum Gasteiger partial charge on any atom is -0.343 e. The smallest absolute Gasteiger partial charge is 0.343 e. The molecule has 160 valence electrons. The second-order valence-corrected chi connectivity index (χ2v) is 9.05. The highest BCUT2D eigenvalue weighted by molar-refractivity contribution is 5.98. The quantitative estimate of drug-likeness (QED) is 0.504. The summed E-state index contributed by atoms with van der Waals surface area (Å²) in [6.07, 6.45) is -1.98. The molecule has 1 amide bonds. The Labute approximate surface area is 174 Å². The summed E-state index contributed by atoms with van der Waals surface area (Å²) >= 11 is 0. The largest absolute Gasteiger partial charge is 0.416 e. The molecule has 0 spiro atoms. The zero-order chi connectivity index (χ0) is 22.3. The van der Waals surface area contributed by atoms with Crippen LogP contribution >= 0.6 is 0 Å². The van der Waals surface area contributed by atoms with E-state index in [2.05, 4.69) is 5.32 Å². The number of aromatic nitrogens is 1. The third-order valence-corrected chi connectivity index (χ3v) is 5.12. The Morgan fingerprint density at radius 1 is 1.03 bits per heavy atom. The first-order valence-electron chi connectivity index (χ1n) is 9.90. The molecule has 1 aromatic heterocycles. The zero-order valence-electron chi connectivity index (χ0n) is 17.9. The first-order chi connectivity index (χ1) is 13.8. The normalized spacial score (nSPS) is 12.4. The molecule has 0 atom stereocenters. The van der Waals surface area contributed by atoms with Gasteiger partial charge in [-0.05, 0) is 60.2 Å². The average molecular weight is 416 g/mol. The van der Waals surface area contributed by atoms with E-state index < -0.39 is 11.7 Å². The summed E-state index contributed by atoms with van der Waals surface area (Å²) in [5.41, 5.74) is 3.79. The van der Waals surface area contributed by atoms with E-state index in [1.165, 1.54) is 12.1 Å². The van der Waals surface area contributed by atoms with E-state index in [1.807, 2.05) is 57.5 Å². The lowest BCUT2D eigenvalue weighted by Crippen LogP contribution is -2.20. The van der Waals surface area contributed by atoms with Crippen LogP contribution < -0.4 is 5.32 Å². The standard InChI is InChI=1S/C24H27F3N2O/c1-15-12-20-19(16(2)22(15)28-21(30)13-23(3,4)5)10-11-29(20)14-17-6-8-18(9-7-17)24(25,26)27/h6-12H,13-14H2,1-5H3,(H,28,30). The van der Waals surface area contributed by atoms with Crippen LogP contribution in [0.4, 0.5) is 18.9 Å². The van der Waals surface area contributed by atoms with Crippen LogP contribution in [0, 0.1) is 19.3 Å². The van der Waals surface area contributed by atoms with Crippen molar-refractivity contribution in [3.8, 4) is 0 Å². The number of hydrogen-bond acceptors (Lipinski definition) is 1. The first kappa shape index (κ1) is 21.9. The minimum atomic E-state index is -4.33. The fraction of sp³-hybridized carbons (Fsp3) is 0.375. The van der Waals surface area contributed by atoms with Crippen molar-refractivity contribution in [1.29, 1.82) is 0 Å². The van der Waals surface area contributed by atoms with Gasteiger partial charge in [-0.1, -0.05) is 32.9 Å². The second-order valence-electron chi connectivity index (χ2n) is 9.05. The van der Waals surface area contributed by atoms with Crippen LogP contribution in [0.5, 0.6) is 0 Å². The van der Waals surface area contributed by atoms with Crippen molar-refractivity contribution in [2.75, 3.05) is 5.32 Å². The molecule has 0 aliphatic rings. The highest BCUT2D eigenvalue weighted by atomic mass is 19.4. The van der Waals surface area contributed by atoms with E-state index >= 15 is 0 Å². The molecule has 1 N–H and O–H groups in total. The molecule has 30 heavy (non-hydrogen) atoms. The van der Waals surface area contributed by atoms with E-state index in [9.17, 15) is 18.0 Å². The lowest BCUT2D eigenvalue weighted by Gasteiger charge is -2.19. The molecule has 6 heteroatoms. The van der Waals surface area contributed by atoms with Gasteiger partial charge in [-0.2, -0.15) is 13.2 Å². The van der Waals surface area contributed by atoms with Gasteiger partial charge in [-0.3, -0.25) is 4.79 Å². The van der Waals surface area contributed by atoms with Crippen molar-refractivity contribution in [2.24, 2.45) is 5.41 Å². The molecule has 0 saturated carbocycles.